The number of aromatic nitrogens is 13. The van der Waals surface area contributed by atoms with Crippen LogP contribution in [-0.2, 0) is 29.1 Å². The number of ether oxygens (including phenoxy) is 8. The number of rotatable bonds is 26. The second kappa shape index (κ2) is 36.6. The Balaban J connectivity index is 0.000000138. The Labute approximate surface area is 733 Å². The zero-order valence-corrected chi connectivity index (χ0v) is 72.1. The molecule has 125 heavy (non-hydrogen) atoms. The summed E-state index contributed by atoms with van der Waals surface area (Å²) in [6, 6.07) is 30.5. The van der Waals surface area contributed by atoms with Crippen LogP contribution >= 0.6 is 25.1 Å². The first-order valence-corrected chi connectivity index (χ1v) is 41.3. The van der Waals surface area contributed by atoms with Crippen molar-refractivity contribution in [2.24, 2.45) is 5.73 Å². The number of morpholine rings is 1. The van der Waals surface area contributed by atoms with Gasteiger partial charge in [-0.2, -0.15) is 24.0 Å². The van der Waals surface area contributed by atoms with Gasteiger partial charge in [-0.1, -0.05) is 23.7 Å². The number of anilines is 6. The molecule has 0 aromatic carbocycles. The van der Waals surface area contributed by atoms with Crippen LogP contribution < -0.4 is 66.1 Å². The van der Waals surface area contributed by atoms with Crippen LogP contribution in [0.15, 0.2) is 135 Å². The number of amides is 1. The second-order valence-corrected chi connectivity index (χ2v) is 33.1. The third-order valence-corrected chi connectivity index (χ3v) is 24.1. The molecule has 0 spiro atoms. The molecule has 10 aliphatic rings. The number of hydrogen-bond acceptors (Lipinski definition) is 32. The minimum absolute atomic E-state index is 0. The molecule has 0 radical (unpaired) electrons. The number of nitrogens with zero attached hydrogens (tertiary/aromatic N) is 22. The van der Waals surface area contributed by atoms with Crippen LogP contribution in [0.1, 0.15) is 71.3 Å². The van der Waals surface area contributed by atoms with Crippen LogP contribution in [0.25, 0.3) is 50.1 Å². The highest BCUT2D eigenvalue weighted by Crippen LogP contribution is 2.43. The maximum atomic E-state index is 12.3. The number of hydrogen-bond donors (Lipinski definition) is 5. The Morgan fingerprint density at radius 2 is 1.02 bits per heavy atom. The van der Waals surface area contributed by atoms with Gasteiger partial charge in [0.25, 0.3) is 5.91 Å². The molecule has 650 valence electrons. The second-order valence-electron chi connectivity index (χ2n) is 32.7. The Morgan fingerprint density at radius 3 is 1.48 bits per heavy atom. The van der Waals surface area contributed by atoms with Crippen LogP contribution in [0, 0.1) is 22.7 Å². The lowest BCUT2D eigenvalue weighted by atomic mass is 9.87. The average Bonchev–Trinajstić information content (AvgIpc) is 1.74. The van der Waals surface area contributed by atoms with Crippen molar-refractivity contribution < 1.29 is 47.8 Å². The van der Waals surface area contributed by atoms with E-state index >= 15 is 0 Å². The van der Waals surface area contributed by atoms with E-state index in [0.717, 1.165) is 112 Å². The van der Waals surface area contributed by atoms with E-state index < -0.39 is 11.5 Å². The molecular weight excluding hydrogens is 1640 g/mol. The van der Waals surface area contributed by atoms with Gasteiger partial charge < -0.3 is 85.5 Å². The third kappa shape index (κ3) is 18.2. The van der Waals surface area contributed by atoms with E-state index in [1.165, 1.54) is 34.9 Å². The van der Waals surface area contributed by atoms with Gasteiger partial charge in [0.15, 0.2) is 17.5 Å². The number of methoxy groups -OCH3 is 4. The van der Waals surface area contributed by atoms with Gasteiger partial charge in [0.1, 0.15) is 94.5 Å². The summed E-state index contributed by atoms with van der Waals surface area (Å²) in [5.74, 6) is 5.67. The Kier molecular flexibility index (Phi) is 25.2. The number of aliphatic hydroxyl groups is 1. The van der Waals surface area contributed by atoms with Crippen molar-refractivity contribution in [2.75, 3.05) is 153 Å². The summed E-state index contributed by atoms with van der Waals surface area (Å²) in [7, 11) is 8.51. The predicted molar refractivity (Wildman–Crippen MR) is 474 cm³/mol. The van der Waals surface area contributed by atoms with Crippen LogP contribution in [0.2, 0.25) is 5.02 Å². The van der Waals surface area contributed by atoms with Gasteiger partial charge in [0, 0.05) is 186 Å². The Morgan fingerprint density at radius 1 is 0.544 bits per heavy atom. The SMILES string of the molecule is COCCOc1cc(-c2ccc(N3CC4CC(C3)N4Cc3cnc(OC)c(Cl)c3)nc2)c2c(C#N)c(N)nn2c1.COc1ccc(CN2C3CC2CN(c2ccc(-c4cc(OCC(C)(C)O)cn5nc(N)c(C(N)=O)c45)cn2)C3)cn1.COc1ccc(CN2C3CC2CN(c2cnc(-c4cc(OC[C@@H]5CN(C)CCO5)cn5nc(N)c(C#N)c45)cn2)C3)cn1.S. The molecule has 1 amide bonds. The molecular formula is C87H99ClN26O10S. The van der Waals surface area contributed by atoms with Gasteiger partial charge in [-0.15, -0.1) is 15.3 Å². The molecule has 9 N–H and O–H groups in total. The number of nitriles is 2. The van der Waals surface area contributed by atoms with Crippen LogP contribution in [-0.4, -0.2) is 263 Å². The first kappa shape index (κ1) is 85.9. The molecule has 36 nitrogen and oxygen atoms in total. The number of pyridine rings is 8. The van der Waals surface area contributed by atoms with Gasteiger partial charge in [-0.05, 0) is 105 Å². The van der Waals surface area contributed by atoms with E-state index in [9.17, 15) is 20.4 Å². The highest BCUT2D eigenvalue weighted by Gasteiger charge is 2.48. The van der Waals surface area contributed by atoms with Crippen LogP contribution in [0.3, 0.4) is 0 Å². The highest BCUT2D eigenvalue weighted by molar-refractivity contribution is 7.59. The van der Waals surface area contributed by atoms with Gasteiger partial charge >= 0.3 is 0 Å². The maximum Gasteiger partial charge on any atom is 0.254 e. The molecule has 0 aliphatic carbocycles. The summed E-state index contributed by atoms with van der Waals surface area (Å²) < 4.78 is 49.0. The van der Waals surface area contributed by atoms with Crippen molar-refractivity contribution in [1.29, 1.82) is 10.5 Å². The molecule has 6 bridgehead atoms. The molecule has 0 saturated carbocycles. The van der Waals surface area contributed by atoms with Crippen molar-refractivity contribution in [2.45, 2.75) is 101 Å². The number of halogens is 1. The molecule has 7 atom stereocenters. The fraction of sp³-hybridized carbons (Fsp3) is 0.391. The fourth-order valence-electron chi connectivity index (χ4n) is 17.6. The van der Waals surface area contributed by atoms with Crippen molar-refractivity contribution in [1.82, 2.24) is 83.3 Å². The van der Waals surface area contributed by atoms with Crippen molar-refractivity contribution >= 4 is 82.5 Å². The van der Waals surface area contributed by atoms with Crippen LogP contribution in [0.5, 0.6) is 34.9 Å². The van der Waals surface area contributed by atoms with Crippen LogP contribution in [0.4, 0.5) is 34.9 Å². The number of piperidine rings is 3. The number of nitrogen functional groups attached to an aromatic ring is 3. The minimum Gasteiger partial charge on any atom is -0.490 e. The summed E-state index contributed by atoms with van der Waals surface area (Å²) in [5, 5.41) is 43.2. The first-order chi connectivity index (χ1) is 60.1. The summed E-state index contributed by atoms with van der Waals surface area (Å²) in [4.78, 5) is 61.2. The van der Waals surface area contributed by atoms with Gasteiger partial charge in [-0.3, -0.25) is 24.5 Å². The molecule has 22 heterocycles. The normalized spacial score (nSPS) is 19.7. The number of carbonyl (C=O) groups excluding carboxylic acids is 1. The van der Waals surface area contributed by atoms with Gasteiger partial charge in [-0.25, -0.2) is 43.5 Å². The third-order valence-electron chi connectivity index (χ3n) is 23.8. The van der Waals surface area contributed by atoms with Crippen molar-refractivity contribution in [3.05, 3.63) is 173 Å². The van der Waals surface area contributed by atoms with Gasteiger partial charge in [0.05, 0.1) is 93.4 Å². The van der Waals surface area contributed by atoms with E-state index in [4.69, 9.17) is 92.4 Å². The number of carbonyl (C=O) groups is 1. The minimum atomic E-state index is -1.03. The number of likely N-dealkylation sites (N-methyl/N-ethyl adjacent to an activating group) is 1. The molecule has 22 rings (SSSR count). The van der Waals surface area contributed by atoms with E-state index in [1.807, 2.05) is 79.4 Å². The van der Waals surface area contributed by atoms with Gasteiger partial charge in [0.2, 0.25) is 17.6 Å². The van der Waals surface area contributed by atoms with Crippen molar-refractivity contribution in [3.63, 3.8) is 0 Å². The number of piperazine rings is 3. The van der Waals surface area contributed by atoms with E-state index in [-0.39, 0.29) is 49.2 Å². The standard InChI is InChI=1S/C30H34N10O3.C29H34N8O4.C28H29ClN8O3.H2S/c1-37-5-6-42-23(16-37)18-43-22-8-24(29-25(9-31)30(32)36-40(29)17-22)26-11-34-27(12-33-26)38-14-20-7-21(15-38)39(20)13-19-3-4-28(41-2)35-10-19;1-29(2,39)16-41-21-9-22(26-25(28(31)38)27(30)34-37(26)15-21)18-5-6-23(32-11-18)35-13-19-8-20(14-35)36(19)12-17-4-7-24(40-3)33-10-17;1-38-5-6-40-21-9-22(26-23(10-30)27(31)34-37(26)16-21)18-3-4-25(32-12-18)35-14-19-8-20(15-35)36(19)13-17-7-24(29)28(39-2)33-11-17;/h3-4,8,10-12,17,20-21,23H,5-7,13-16,18H2,1-2H3,(H2,32,36);4-7,9-11,15,19-20,39H,8,12-14,16H2,1-3H3,(H2,30,34)(H2,31,38);3-4,7,9,11-12,16,19-20H,5-6,8,13-15H2,1-2H3,(H2,31,34);1H2/t20?,21?,23-;;;/m0.../s1. The van der Waals surface area contributed by atoms with E-state index in [2.05, 4.69) is 95.9 Å². The topological polar surface area (TPSA) is 428 Å². The zero-order chi connectivity index (χ0) is 86.2. The predicted octanol–water partition coefficient (Wildman–Crippen LogP) is 7.42. The lowest BCUT2D eigenvalue weighted by Gasteiger charge is -2.56. The Hall–Kier alpha value is -12.7. The largest absolute Gasteiger partial charge is 0.490 e. The van der Waals surface area contributed by atoms with E-state index in [0.29, 0.717) is 147 Å². The summed E-state index contributed by atoms with van der Waals surface area (Å²) >= 11 is 6.28. The quantitative estimate of drug-likeness (QED) is 0.0329. The Bertz CT molecular complexity index is 5940. The zero-order valence-electron chi connectivity index (χ0n) is 70.3. The molecule has 10 aliphatic heterocycles. The smallest absolute Gasteiger partial charge is 0.254 e. The maximum absolute atomic E-state index is 12.3. The average molecular weight is 1740 g/mol. The summed E-state index contributed by atoms with van der Waals surface area (Å²) in [6.45, 7) is 14.9. The lowest BCUT2D eigenvalue weighted by Crippen LogP contribution is -2.68. The fourth-order valence-corrected chi connectivity index (χ4v) is 17.8. The van der Waals surface area contributed by atoms with Crippen molar-refractivity contribution in [3.8, 4) is 80.5 Å². The monoisotopic (exact) mass is 1730 g/mol. The molecule has 12 aromatic heterocycles. The molecule has 10 saturated heterocycles. The lowest BCUT2D eigenvalue weighted by molar-refractivity contribution is -0.0404. The highest BCUT2D eigenvalue weighted by atomic mass is 35.5. The molecule has 38 heteroatoms. The molecule has 10 fully saturated rings. The summed E-state index contributed by atoms with van der Waals surface area (Å²) in [6.07, 6.45) is 21.3. The molecule has 6 unspecified atom stereocenters. The van der Waals surface area contributed by atoms with E-state index in [1.54, 1.807) is 94.6 Å². The first-order valence-electron chi connectivity index (χ1n) is 41.0. The summed E-state index contributed by atoms with van der Waals surface area (Å²) in [5.41, 5.74) is 33.0. The number of primary amides is 1. The number of nitrogens with two attached hydrogens (primary N) is 4. The number of fused-ring (bicyclic) bond motifs is 9. The molecule has 12 aromatic rings.